The SMILES string of the molecule is COc1ccc(C(/C=N/O)=N/NC(=O)c2ccccc2)cc1. The molecule has 0 heterocycles. The van der Waals surface area contributed by atoms with Crippen LogP contribution < -0.4 is 10.2 Å². The number of rotatable bonds is 5. The van der Waals surface area contributed by atoms with Crippen LogP contribution in [-0.2, 0) is 0 Å². The van der Waals surface area contributed by atoms with Gasteiger partial charge in [-0.3, -0.25) is 4.79 Å². The predicted octanol–water partition coefficient (Wildman–Crippen LogP) is 2.29. The Morgan fingerprint density at radius 1 is 1.09 bits per heavy atom. The molecule has 112 valence electrons. The highest BCUT2D eigenvalue weighted by Crippen LogP contribution is 2.11. The number of carbonyl (C=O) groups is 1. The van der Waals surface area contributed by atoms with Crippen LogP contribution in [0.25, 0.3) is 0 Å². The standard InChI is InChI=1S/C16H15N3O3/c1-22-14-9-7-12(8-10-14)15(11-17-21)18-19-16(20)13-5-3-2-4-6-13/h2-11,21H,1H3,(H,19,20)/b17-11+,18-15+. The molecule has 0 spiro atoms. The number of hydrazone groups is 1. The Balaban J connectivity index is 2.18. The fourth-order valence-electron chi connectivity index (χ4n) is 1.75. The minimum Gasteiger partial charge on any atom is -0.497 e. The number of amides is 1. The average Bonchev–Trinajstić information content (AvgIpc) is 2.59. The number of hydrogen-bond acceptors (Lipinski definition) is 5. The number of nitrogens with zero attached hydrogens (tertiary/aromatic N) is 2. The van der Waals surface area contributed by atoms with Gasteiger partial charge in [0.25, 0.3) is 5.91 Å². The molecule has 6 heteroatoms. The van der Waals surface area contributed by atoms with E-state index in [1.54, 1.807) is 55.6 Å². The Bertz CT molecular complexity index is 680. The van der Waals surface area contributed by atoms with Crippen molar-refractivity contribution in [2.24, 2.45) is 10.3 Å². The van der Waals surface area contributed by atoms with Crippen LogP contribution in [0.2, 0.25) is 0 Å². The first kappa shape index (κ1) is 15.2. The Morgan fingerprint density at radius 2 is 1.77 bits per heavy atom. The molecule has 2 rings (SSSR count). The molecule has 0 atom stereocenters. The lowest BCUT2D eigenvalue weighted by Crippen LogP contribution is -2.20. The van der Waals surface area contributed by atoms with Crippen LogP contribution in [0.1, 0.15) is 15.9 Å². The summed E-state index contributed by atoms with van der Waals surface area (Å²) in [6, 6.07) is 15.7. The van der Waals surface area contributed by atoms with Crippen LogP contribution in [0, 0.1) is 0 Å². The summed E-state index contributed by atoms with van der Waals surface area (Å²) in [4.78, 5) is 11.9. The van der Waals surface area contributed by atoms with E-state index >= 15 is 0 Å². The van der Waals surface area contributed by atoms with E-state index in [-0.39, 0.29) is 5.91 Å². The summed E-state index contributed by atoms with van der Waals surface area (Å²) in [5, 5.41) is 15.7. The largest absolute Gasteiger partial charge is 0.497 e. The topological polar surface area (TPSA) is 83.3 Å². The molecular formula is C16H15N3O3. The van der Waals surface area contributed by atoms with Gasteiger partial charge < -0.3 is 9.94 Å². The minimum atomic E-state index is -0.349. The quantitative estimate of drug-likeness (QED) is 0.504. The molecule has 0 bridgehead atoms. The van der Waals surface area contributed by atoms with Crippen molar-refractivity contribution >= 4 is 17.8 Å². The molecule has 0 aliphatic rings. The van der Waals surface area contributed by atoms with Crippen molar-refractivity contribution in [3.63, 3.8) is 0 Å². The van der Waals surface area contributed by atoms with Crippen molar-refractivity contribution in [3.8, 4) is 5.75 Å². The Hall–Kier alpha value is -3.15. The number of hydrogen-bond donors (Lipinski definition) is 2. The molecule has 2 aromatic rings. The summed E-state index contributed by atoms with van der Waals surface area (Å²) in [6.07, 6.45) is 1.15. The van der Waals surface area contributed by atoms with Crippen molar-refractivity contribution < 1.29 is 14.7 Å². The zero-order valence-electron chi connectivity index (χ0n) is 11.9. The third kappa shape index (κ3) is 3.92. The van der Waals surface area contributed by atoms with Gasteiger partial charge in [-0.25, -0.2) is 5.43 Å². The van der Waals surface area contributed by atoms with E-state index in [4.69, 9.17) is 9.94 Å². The van der Waals surface area contributed by atoms with Gasteiger partial charge >= 0.3 is 0 Å². The highest BCUT2D eigenvalue weighted by atomic mass is 16.5. The third-order valence-electron chi connectivity index (χ3n) is 2.88. The lowest BCUT2D eigenvalue weighted by Gasteiger charge is -2.04. The van der Waals surface area contributed by atoms with Gasteiger partial charge in [-0.2, -0.15) is 5.10 Å². The van der Waals surface area contributed by atoms with Crippen LogP contribution >= 0.6 is 0 Å². The second-order valence-electron chi connectivity index (χ2n) is 4.28. The van der Waals surface area contributed by atoms with E-state index in [0.717, 1.165) is 6.21 Å². The summed E-state index contributed by atoms with van der Waals surface area (Å²) in [6.45, 7) is 0. The van der Waals surface area contributed by atoms with Crippen molar-refractivity contribution in [2.75, 3.05) is 7.11 Å². The van der Waals surface area contributed by atoms with Gasteiger partial charge in [0.05, 0.1) is 13.3 Å². The van der Waals surface area contributed by atoms with Gasteiger partial charge in [-0.05, 0) is 36.4 Å². The average molecular weight is 297 g/mol. The van der Waals surface area contributed by atoms with Crippen LogP contribution in [0.3, 0.4) is 0 Å². The van der Waals surface area contributed by atoms with Crippen LogP contribution in [0.5, 0.6) is 5.75 Å². The molecule has 2 aromatic carbocycles. The normalized spacial score (nSPS) is 11.4. The van der Waals surface area contributed by atoms with Crippen LogP contribution in [0.4, 0.5) is 0 Å². The van der Waals surface area contributed by atoms with Gasteiger partial charge in [0.15, 0.2) is 0 Å². The molecule has 0 aliphatic heterocycles. The summed E-state index contributed by atoms with van der Waals surface area (Å²) in [5.74, 6) is 0.343. The molecule has 2 N–H and O–H groups in total. The predicted molar refractivity (Wildman–Crippen MR) is 83.7 cm³/mol. The lowest BCUT2D eigenvalue weighted by molar-refractivity contribution is 0.0955. The molecular weight excluding hydrogens is 282 g/mol. The highest BCUT2D eigenvalue weighted by Gasteiger charge is 2.06. The first-order valence-corrected chi connectivity index (χ1v) is 6.49. The van der Waals surface area contributed by atoms with E-state index in [1.165, 1.54) is 0 Å². The second kappa shape index (κ2) is 7.58. The smallest absolute Gasteiger partial charge is 0.271 e. The van der Waals surface area contributed by atoms with Crippen LogP contribution in [0.15, 0.2) is 64.9 Å². The fraction of sp³-hybridized carbons (Fsp3) is 0.0625. The number of nitrogens with one attached hydrogen (secondary N) is 1. The Labute approximate surface area is 127 Å². The van der Waals surface area contributed by atoms with E-state index in [2.05, 4.69) is 15.7 Å². The molecule has 0 aliphatic carbocycles. The summed E-state index contributed by atoms with van der Waals surface area (Å²) >= 11 is 0. The maximum atomic E-state index is 11.9. The van der Waals surface area contributed by atoms with E-state index in [1.807, 2.05) is 6.07 Å². The first-order valence-electron chi connectivity index (χ1n) is 6.49. The number of carbonyl (C=O) groups excluding carboxylic acids is 1. The van der Waals surface area contributed by atoms with Crippen molar-refractivity contribution in [3.05, 3.63) is 65.7 Å². The third-order valence-corrected chi connectivity index (χ3v) is 2.88. The first-order chi connectivity index (χ1) is 10.7. The molecule has 6 nitrogen and oxygen atoms in total. The molecule has 0 saturated carbocycles. The van der Waals surface area contributed by atoms with E-state index in [9.17, 15) is 4.79 Å². The zero-order chi connectivity index (χ0) is 15.8. The zero-order valence-corrected chi connectivity index (χ0v) is 11.9. The second-order valence-corrected chi connectivity index (χ2v) is 4.28. The van der Waals surface area contributed by atoms with Crippen molar-refractivity contribution in [1.82, 2.24) is 5.43 Å². The summed E-state index contributed by atoms with van der Waals surface area (Å²) < 4.78 is 5.07. The molecule has 22 heavy (non-hydrogen) atoms. The highest BCUT2D eigenvalue weighted by molar-refractivity contribution is 6.38. The van der Waals surface area contributed by atoms with Crippen molar-refractivity contribution in [2.45, 2.75) is 0 Å². The molecule has 0 fully saturated rings. The summed E-state index contributed by atoms with van der Waals surface area (Å²) in [7, 11) is 1.57. The molecule has 1 amide bonds. The van der Waals surface area contributed by atoms with Gasteiger partial charge in [-0.15, -0.1) is 0 Å². The lowest BCUT2D eigenvalue weighted by atomic mass is 10.1. The number of benzene rings is 2. The summed E-state index contributed by atoms with van der Waals surface area (Å²) in [5.41, 5.74) is 3.90. The fourth-order valence-corrected chi connectivity index (χ4v) is 1.75. The number of ether oxygens (including phenoxy) is 1. The molecule has 0 unspecified atom stereocenters. The van der Waals surface area contributed by atoms with Crippen molar-refractivity contribution in [1.29, 1.82) is 0 Å². The van der Waals surface area contributed by atoms with Gasteiger partial charge in [0.2, 0.25) is 0 Å². The maximum Gasteiger partial charge on any atom is 0.271 e. The van der Waals surface area contributed by atoms with E-state index < -0.39 is 0 Å². The van der Waals surface area contributed by atoms with Crippen LogP contribution in [-0.4, -0.2) is 30.2 Å². The van der Waals surface area contributed by atoms with Gasteiger partial charge in [0.1, 0.15) is 11.5 Å². The molecule has 0 saturated heterocycles. The number of methoxy groups -OCH3 is 1. The number of oxime groups is 1. The Morgan fingerprint density at radius 3 is 2.36 bits per heavy atom. The van der Waals surface area contributed by atoms with E-state index in [0.29, 0.717) is 22.6 Å². The minimum absolute atomic E-state index is 0.314. The monoisotopic (exact) mass is 297 g/mol. The molecule has 0 radical (unpaired) electrons. The maximum absolute atomic E-state index is 11.9. The Kier molecular flexibility index (Phi) is 5.25. The van der Waals surface area contributed by atoms with Gasteiger partial charge in [-0.1, -0.05) is 23.4 Å². The van der Waals surface area contributed by atoms with Gasteiger partial charge in [0, 0.05) is 11.1 Å². The molecule has 0 aromatic heterocycles.